The van der Waals surface area contributed by atoms with Gasteiger partial charge in [0, 0.05) is 6.04 Å². The SMILES string of the molecule is CC(C)C[C@@H](CO)NC(=O)[C@H](CC(C)C)NC(=O)[C@@H](O)[C@H](N)Cc1ccccc1. The van der Waals surface area contributed by atoms with Gasteiger partial charge < -0.3 is 26.6 Å². The second kappa shape index (κ2) is 12.6. The number of benzene rings is 1. The van der Waals surface area contributed by atoms with E-state index in [2.05, 4.69) is 10.6 Å². The van der Waals surface area contributed by atoms with Gasteiger partial charge in [-0.2, -0.15) is 0 Å². The number of carbonyl (C=O) groups excluding carboxylic acids is 2. The summed E-state index contributed by atoms with van der Waals surface area (Å²) in [6, 6.07) is 7.41. The highest BCUT2D eigenvalue weighted by Gasteiger charge is 2.29. The molecule has 0 aliphatic rings. The molecule has 1 rings (SSSR count). The minimum Gasteiger partial charge on any atom is -0.394 e. The first-order valence-electron chi connectivity index (χ1n) is 10.3. The molecule has 0 aliphatic heterocycles. The first-order chi connectivity index (χ1) is 13.6. The van der Waals surface area contributed by atoms with Crippen molar-refractivity contribution in [3.63, 3.8) is 0 Å². The van der Waals surface area contributed by atoms with Crippen LogP contribution in [-0.4, -0.2) is 52.9 Å². The molecular weight excluding hydrogens is 370 g/mol. The smallest absolute Gasteiger partial charge is 0.251 e. The molecule has 0 fully saturated rings. The van der Waals surface area contributed by atoms with Crippen molar-refractivity contribution in [1.29, 1.82) is 0 Å². The number of hydrogen-bond donors (Lipinski definition) is 5. The fourth-order valence-corrected chi connectivity index (χ4v) is 3.20. The van der Waals surface area contributed by atoms with Gasteiger partial charge in [-0.1, -0.05) is 58.0 Å². The summed E-state index contributed by atoms with van der Waals surface area (Å²) >= 11 is 0. The average molecular weight is 408 g/mol. The topological polar surface area (TPSA) is 125 Å². The summed E-state index contributed by atoms with van der Waals surface area (Å²) in [5.74, 6) is -0.573. The van der Waals surface area contributed by atoms with Gasteiger partial charge in [0.15, 0.2) is 0 Å². The second-order valence-electron chi connectivity index (χ2n) is 8.51. The molecule has 1 aromatic rings. The van der Waals surface area contributed by atoms with Crippen LogP contribution in [0.5, 0.6) is 0 Å². The van der Waals surface area contributed by atoms with E-state index in [1.165, 1.54) is 0 Å². The van der Waals surface area contributed by atoms with Crippen molar-refractivity contribution < 1.29 is 19.8 Å². The van der Waals surface area contributed by atoms with Crippen molar-refractivity contribution in [2.24, 2.45) is 17.6 Å². The molecule has 7 heteroatoms. The largest absolute Gasteiger partial charge is 0.394 e. The summed E-state index contributed by atoms with van der Waals surface area (Å²) in [6.45, 7) is 7.74. The Hall–Kier alpha value is -1.96. The quantitative estimate of drug-likeness (QED) is 0.353. The predicted octanol–water partition coefficient (Wildman–Crippen LogP) is 0.971. The molecule has 2 amide bonds. The summed E-state index contributed by atoms with van der Waals surface area (Å²) in [5.41, 5.74) is 6.94. The van der Waals surface area contributed by atoms with Gasteiger partial charge >= 0.3 is 0 Å². The molecule has 0 spiro atoms. The van der Waals surface area contributed by atoms with Crippen LogP contribution in [-0.2, 0) is 16.0 Å². The minimum absolute atomic E-state index is 0.152. The fourth-order valence-electron chi connectivity index (χ4n) is 3.20. The number of nitrogens with one attached hydrogen (secondary N) is 2. The van der Waals surface area contributed by atoms with Crippen molar-refractivity contribution in [3.05, 3.63) is 35.9 Å². The molecule has 1 aromatic carbocycles. The highest BCUT2D eigenvalue weighted by atomic mass is 16.3. The van der Waals surface area contributed by atoms with Crippen molar-refractivity contribution >= 4 is 11.8 Å². The zero-order valence-electron chi connectivity index (χ0n) is 18.0. The van der Waals surface area contributed by atoms with Gasteiger partial charge in [-0.05, 0) is 36.7 Å². The van der Waals surface area contributed by atoms with E-state index in [0.29, 0.717) is 25.2 Å². The van der Waals surface area contributed by atoms with Crippen LogP contribution >= 0.6 is 0 Å². The number of hydrogen-bond acceptors (Lipinski definition) is 5. The van der Waals surface area contributed by atoms with Crippen LogP contribution < -0.4 is 16.4 Å². The van der Waals surface area contributed by atoms with E-state index in [9.17, 15) is 19.8 Å². The number of nitrogens with two attached hydrogens (primary N) is 1. The molecule has 164 valence electrons. The Morgan fingerprint density at radius 2 is 1.55 bits per heavy atom. The number of aliphatic hydroxyl groups is 2. The Labute approximate surface area is 174 Å². The summed E-state index contributed by atoms with van der Waals surface area (Å²) in [7, 11) is 0. The van der Waals surface area contributed by atoms with Gasteiger partial charge in [0.25, 0.3) is 5.91 Å². The molecule has 0 radical (unpaired) electrons. The number of aliphatic hydroxyl groups excluding tert-OH is 2. The zero-order chi connectivity index (χ0) is 22.0. The van der Waals surface area contributed by atoms with E-state index in [-0.39, 0.29) is 24.5 Å². The van der Waals surface area contributed by atoms with E-state index >= 15 is 0 Å². The molecule has 0 saturated carbocycles. The van der Waals surface area contributed by atoms with Crippen LogP contribution in [0.2, 0.25) is 0 Å². The minimum atomic E-state index is -1.43. The van der Waals surface area contributed by atoms with Gasteiger partial charge in [-0.3, -0.25) is 9.59 Å². The predicted molar refractivity (Wildman–Crippen MR) is 114 cm³/mol. The first kappa shape index (κ1) is 25.1. The standard InChI is InChI=1S/C22H37N3O4/c1-14(2)10-17(13-26)24-21(28)19(11-15(3)4)25-22(29)20(27)18(23)12-16-8-6-5-7-9-16/h5-9,14-15,17-20,26-27H,10-13,23H2,1-4H3,(H,24,28)(H,25,29)/t17-,18+,19-,20-/m0/s1. The Bertz CT molecular complexity index is 622. The second-order valence-corrected chi connectivity index (χ2v) is 8.51. The van der Waals surface area contributed by atoms with Crippen molar-refractivity contribution in [1.82, 2.24) is 10.6 Å². The number of amides is 2. The fraction of sp³-hybridized carbons (Fsp3) is 0.636. The molecule has 0 unspecified atom stereocenters. The van der Waals surface area contributed by atoms with Gasteiger partial charge in [-0.25, -0.2) is 0 Å². The molecule has 29 heavy (non-hydrogen) atoms. The maximum Gasteiger partial charge on any atom is 0.251 e. The Balaban J connectivity index is 2.74. The van der Waals surface area contributed by atoms with Crippen LogP contribution in [0, 0.1) is 11.8 Å². The highest BCUT2D eigenvalue weighted by Crippen LogP contribution is 2.10. The molecule has 4 atom stereocenters. The molecule has 0 aromatic heterocycles. The summed E-state index contributed by atoms with van der Waals surface area (Å²) < 4.78 is 0. The third-order valence-corrected chi connectivity index (χ3v) is 4.65. The van der Waals surface area contributed by atoms with E-state index in [0.717, 1.165) is 5.56 Å². The Morgan fingerprint density at radius 1 is 0.966 bits per heavy atom. The molecule has 7 nitrogen and oxygen atoms in total. The average Bonchev–Trinajstić information content (AvgIpc) is 2.66. The maximum atomic E-state index is 12.7. The van der Waals surface area contributed by atoms with E-state index in [4.69, 9.17) is 5.73 Å². The van der Waals surface area contributed by atoms with Gasteiger partial charge in [0.2, 0.25) is 5.91 Å². The normalized spacial score (nSPS) is 15.6. The molecule has 0 aliphatic carbocycles. The summed E-state index contributed by atoms with van der Waals surface area (Å²) in [4.78, 5) is 25.2. The van der Waals surface area contributed by atoms with E-state index < -0.39 is 24.1 Å². The summed E-state index contributed by atoms with van der Waals surface area (Å²) in [6.07, 6.45) is -0.0352. The molecule has 6 N–H and O–H groups in total. The summed E-state index contributed by atoms with van der Waals surface area (Å²) in [5, 5.41) is 25.3. The third kappa shape index (κ3) is 9.39. The van der Waals surface area contributed by atoms with Crippen LogP contribution in [0.1, 0.15) is 46.1 Å². The lowest BCUT2D eigenvalue weighted by Gasteiger charge is -2.26. The number of rotatable bonds is 12. The maximum absolute atomic E-state index is 12.7. The molecule has 0 saturated heterocycles. The van der Waals surface area contributed by atoms with Crippen molar-refractivity contribution in [2.45, 2.75) is 71.2 Å². The molecule has 0 heterocycles. The number of carbonyl (C=O) groups is 2. The van der Waals surface area contributed by atoms with Crippen molar-refractivity contribution in [2.75, 3.05) is 6.61 Å². The van der Waals surface area contributed by atoms with E-state index in [1.54, 1.807) is 0 Å². The Kier molecular flexibility index (Phi) is 10.9. The third-order valence-electron chi connectivity index (χ3n) is 4.65. The van der Waals surface area contributed by atoms with Crippen LogP contribution in [0.15, 0.2) is 30.3 Å². The first-order valence-corrected chi connectivity index (χ1v) is 10.3. The van der Waals surface area contributed by atoms with Crippen LogP contribution in [0.4, 0.5) is 0 Å². The highest BCUT2D eigenvalue weighted by molar-refractivity contribution is 5.89. The lowest BCUT2D eigenvalue weighted by atomic mass is 9.99. The zero-order valence-corrected chi connectivity index (χ0v) is 18.0. The van der Waals surface area contributed by atoms with Gasteiger partial charge in [-0.15, -0.1) is 0 Å². The Morgan fingerprint density at radius 3 is 2.07 bits per heavy atom. The lowest BCUT2D eigenvalue weighted by molar-refractivity contribution is -0.135. The monoisotopic (exact) mass is 407 g/mol. The van der Waals surface area contributed by atoms with Crippen LogP contribution in [0.3, 0.4) is 0 Å². The molecule has 0 bridgehead atoms. The van der Waals surface area contributed by atoms with Crippen LogP contribution in [0.25, 0.3) is 0 Å². The lowest BCUT2D eigenvalue weighted by Crippen LogP contribution is -2.55. The van der Waals surface area contributed by atoms with E-state index in [1.807, 2.05) is 58.0 Å². The van der Waals surface area contributed by atoms with Crippen molar-refractivity contribution in [3.8, 4) is 0 Å². The van der Waals surface area contributed by atoms with Gasteiger partial charge in [0.05, 0.1) is 12.6 Å². The molecular formula is C22H37N3O4. The van der Waals surface area contributed by atoms with Gasteiger partial charge in [0.1, 0.15) is 12.1 Å².